The number of hydrogen-bond donors (Lipinski definition) is 2. The van der Waals surface area contributed by atoms with Crippen LogP contribution in [0.15, 0.2) is 42.9 Å². The molecule has 0 radical (unpaired) electrons. The van der Waals surface area contributed by atoms with E-state index in [1.807, 2.05) is 18.2 Å². The van der Waals surface area contributed by atoms with Crippen LogP contribution in [0.3, 0.4) is 0 Å². The number of para-hydroxylation sites is 1. The Balaban J connectivity index is 1.28. The number of nitrogens with one attached hydrogen (secondary N) is 1. The largest absolute Gasteiger partial charge is 0.391 e. The zero-order chi connectivity index (χ0) is 19.1. The summed E-state index contributed by atoms with van der Waals surface area (Å²) >= 11 is 1.72. The summed E-state index contributed by atoms with van der Waals surface area (Å²) in [6.07, 6.45) is 5.38. The molecule has 2 fully saturated rings. The minimum atomic E-state index is -0.544. The summed E-state index contributed by atoms with van der Waals surface area (Å²) in [6.45, 7) is 1.82. The number of aliphatic hydroxyl groups excluding tert-OH is 1. The van der Waals surface area contributed by atoms with Crippen molar-refractivity contribution in [2.75, 3.05) is 18.0 Å². The summed E-state index contributed by atoms with van der Waals surface area (Å²) in [5, 5.41) is 14.6. The number of hydrogen-bond acceptors (Lipinski definition) is 7. The standard InChI is InChI=1S/C20H21N5O2S/c26-17-8-13-11-25(20-24-14-3-1-2-4-18(14)28-20)10-12(13)7-15(17)23-19(27)16-9-21-5-6-22-16/h1-6,9,12-13,15,17,26H,7-8,10-11H2,(H,23,27)/t12-,13+,15-,17-/m0/s1. The van der Waals surface area contributed by atoms with E-state index in [1.165, 1.54) is 23.3 Å². The summed E-state index contributed by atoms with van der Waals surface area (Å²) in [7, 11) is 0. The maximum atomic E-state index is 12.4. The molecule has 1 aliphatic heterocycles. The molecular formula is C20H21N5O2S. The van der Waals surface area contributed by atoms with Crippen molar-refractivity contribution in [3.8, 4) is 0 Å². The van der Waals surface area contributed by atoms with Gasteiger partial charge in [-0.05, 0) is 36.8 Å². The Hall–Kier alpha value is -2.58. The van der Waals surface area contributed by atoms with Crippen LogP contribution in [-0.4, -0.2) is 51.2 Å². The Labute approximate surface area is 166 Å². The van der Waals surface area contributed by atoms with Crippen LogP contribution < -0.4 is 10.2 Å². The van der Waals surface area contributed by atoms with Crippen molar-refractivity contribution in [2.45, 2.75) is 25.0 Å². The molecule has 0 bridgehead atoms. The van der Waals surface area contributed by atoms with E-state index in [2.05, 4.69) is 26.3 Å². The maximum Gasteiger partial charge on any atom is 0.271 e. The lowest BCUT2D eigenvalue weighted by Gasteiger charge is -2.35. The number of thiazole rings is 1. The molecule has 0 unspecified atom stereocenters. The van der Waals surface area contributed by atoms with Gasteiger partial charge >= 0.3 is 0 Å². The van der Waals surface area contributed by atoms with Crippen molar-refractivity contribution >= 4 is 32.6 Å². The van der Waals surface area contributed by atoms with Gasteiger partial charge in [-0.3, -0.25) is 9.78 Å². The number of carbonyl (C=O) groups excluding carboxylic acids is 1. The number of benzene rings is 1. The van der Waals surface area contributed by atoms with Gasteiger partial charge in [0.25, 0.3) is 5.91 Å². The number of carbonyl (C=O) groups is 1. The van der Waals surface area contributed by atoms with Gasteiger partial charge in [0.1, 0.15) is 5.69 Å². The molecule has 2 N–H and O–H groups in total. The zero-order valence-electron chi connectivity index (χ0n) is 15.2. The molecule has 7 nitrogen and oxygen atoms in total. The number of nitrogens with zero attached hydrogens (tertiary/aromatic N) is 4. The van der Waals surface area contributed by atoms with Crippen molar-refractivity contribution in [2.24, 2.45) is 11.8 Å². The van der Waals surface area contributed by atoms with E-state index in [-0.39, 0.29) is 17.6 Å². The second-order valence-corrected chi connectivity index (χ2v) is 8.61. The Bertz CT molecular complexity index is 961. The average molecular weight is 395 g/mol. The normalized spacial score (nSPS) is 27.0. The van der Waals surface area contributed by atoms with Crippen LogP contribution in [0.1, 0.15) is 23.3 Å². The first-order chi connectivity index (χ1) is 13.7. The fraction of sp³-hybridized carbons (Fsp3) is 0.400. The van der Waals surface area contributed by atoms with Crippen LogP contribution in [0.4, 0.5) is 5.13 Å². The van der Waals surface area contributed by atoms with Gasteiger partial charge < -0.3 is 15.3 Å². The zero-order valence-corrected chi connectivity index (χ0v) is 16.0. The molecule has 1 aliphatic carbocycles. The Morgan fingerprint density at radius 1 is 1.18 bits per heavy atom. The summed E-state index contributed by atoms with van der Waals surface area (Å²) in [4.78, 5) is 27.5. The van der Waals surface area contributed by atoms with Crippen LogP contribution in [0.2, 0.25) is 0 Å². The van der Waals surface area contributed by atoms with Gasteiger partial charge in [0.2, 0.25) is 0 Å². The number of rotatable bonds is 3. The van der Waals surface area contributed by atoms with Crippen molar-refractivity contribution in [1.82, 2.24) is 20.3 Å². The molecule has 144 valence electrons. The fourth-order valence-electron chi connectivity index (χ4n) is 4.40. The van der Waals surface area contributed by atoms with Crippen molar-refractivity contribution < 1.29 is 9.90 Å². The quantitative estimate of drug-likeness (QED) is 0.706. The highest BCUT2D eigenvalue weighted by molar-refractivity contribution is 7.22. The number of aliphatic hydroxyl groups is 1. The van der Waals surface area contributed by atoms with E-state index in [0.717, 1.165) is 30.2 Å². The molecule has 3 aromatic rings. The van der Waals surface area contributed by atoms with Crippen LogP contribution in [0.5, 0.6) is 0 Å². The van der Waals surface area contributed by atoms with E-state index in [0.29, 0.717) is 18.3 Å². The second-order valence-electron chi connectivity index (χ2n) is 7.60. The molecular weight excluding hydrogens is 374 g/mol. The smallest absolute Gasteiger partial charge is 0.271 e. The molecule has 1 saturated heterocycles. The van der Waals surface area contributed by atoms with Crippen LogP contribution in [-0.2, 0) is 0 Å². The van der Waals surface area contributed by atoms with Crippen LogP contribution in [0, 0.1) is 11.8 Å². The van der Waals surface area contributed by atoms with E-state index in [1.54, 1.807) is 11.3 Å². The van der Waals surface area contributed by atoms with Crippen molar-refractivity contribution in [1.29, 1.82) is 0 Å². The molecule has 2 aromatic heterocycles. The minimum absolute atomic E-state index is 0.258. The fourth-order valence-corrected chi connectivity index (χ4v) is 5.38. The lowest BCUT2D eigenvalue weighted by molar-refractivity contribution is 0.0460. The Kier molecular flexibility index (Phi) is 4.44. The molecule has 8 heteroatoms. The van der Waals surface area contributed by atoms with Crippen LogP contribution in [0.25, 0.3) is 10.2 Å². The highest BCUT2D eigenvalue weighted by Crippen LogP contribution is 2.40. The van der Waals surface area contributed by atoms with E-state index in [9.17, 15) is 9.90 Å². The summed E-state index contributed by atoms with van der Waals surface area (Å²) < 4.78 is 1.20. The van der Waals surface area contributed by atoms with Gasteiger partial charge in [-0.25, -0.2) is 9.97 Å². The van der Waals surface area contributed by atoms with E-state index >= 15 is 0 Å². The van der Waals surface area contributed by atoms with Gasteiger partial charge in [0.15, 0.2) is 5.13 Å². The molecule has 4 atom stereocenters. The molecule has 28 heavy (non-hydrogen) atoms. The van der Waals surface area contributed by atoms with Gasteiger partial charge in [0.05, 0.1) is 28.6 Å². The number of aromatic nitrogens is 3. The lowest BCUT2D eigenvalue weighted by atomic mass is 9.77. The molecule has 0 spiro atoms. The van der Waals surface area contributed by atoms with E-state index < -0.39 is 6.10 Å². The van der Waals surface area contributed by atoms with Crippen molar-refractivity contribution in [3.05, 3.63) is 48.5 Å². The predicted octanol–water partition coefficient (Wildman–Crippen LogP) is 2.09. The molecule has 1 saturated carbocycles. The summed E-state index contributed by atoms with van der Waals surface area (Å²) in [6, 6.07) is 7.93. The monoisotopic (exact) mass is 395 g/mol. The number of amides is 1. The molecule has 1 aromatic carbocycles. The molecule has 3 heterocycles. The highest BCUT2D eigenvalue weighted by Gasteiger charge is 2.43. The first kappa shape index (κ1) is 17.5. The number of fused-ring (bicyclic) bond motifs is 2. The SMILES string of the molecule is O=C(N[C@H]1C[C@H]2CN(c3nc4ccccc4s3)C[C@H]2C[C@@H]1O)c1cnccn1. The lowest BCUT2D eigenvalue weighted by Crippen LogP contribution is -2.49. The van der Waals surface area contributed by atoms with Crippen LogP contribution >= 0.6 is 11.3 Å². The second kappa shape index (κ2) is 7.10. The Morgan fingerprint density at radius 3 is 2.79 bits per heavy atom. The van der Waals surface area contributed by atoms with Gasteiger partial charge in [0, 0.05) is 25.5 Å². The third-order valence-electron chi connectivity index (χ3n) is 5.81. The summed E-state index contributed by atoms with van der Waals surface area (Å²) in [5.74, 6) is 0.575. The summed E-state index contributed by atoms with van der Waals surface area (Å²) in [5.41, 5.74) is 1.31. The third kappa shape index (κ3) is 3.22. The minimum Gasteiger partial charge on any atom is -0.391 e. The first-order valence-electron chi connectivity index (χ1n) is 9.53. The van der Waals surface area contributed by atoms with Crippen molar-refractivity contribution in [3.63, 3.8) is 0 Å². The Morgan fingerprint density at radius 2 is 2.00 bits per heavy atom. The van der Waals surface area contributed by atoms with Gasteiger partial charge in [-0.1, -0.05) is 23.5 Å². The van der Waals surface area contributed by atoms with E-state index in [4.69, 9.17) is 4.98 Å². The molecule has 1 amide bonds. The predicted molar refractivity (Wildman–Crippen MR) is 107 cm³/mol. The molecule has 2 aliphatic rings. The third-order valence-corrected chi connectivity index (χ3v) is 6.90. The number of anilines is 1. The highest BCUT2D eigenvalue weighted by atomic mass is 32.1. The average Bonchev–Trinajstić information content (AvgIpc) is 3.32. The maximum absolute atomic E-state index is 12.4. The molecule has 5 rings (SSSR count). The topological polar surface area (TPSA) is 91.2 Å². The van der Waals surface area contributed by atoms with Gasteiger partial charge in [-0.15, -0.1) is 0 Å². The van der Waals surface area contributed by atoms with Gasteiger partial charge in [-0.2, -0.15) is 0 Å². The first-order valence-corrected chi connectivity index (χ1v) is 10.3.